The van der Waals surface area contributed by atoms with Crippen molar-refractivity contribution in [3.8, 4) is 0 Å². The molecule has 0 spiro atoms. The summed E-state index contributed by atoms with van der Waals surface area (Å²) in [5, 5.41) is 3.02. The zero-order valence-corrected chi connectivity index (χ0v) is 20.2. The van der Waals surface area contributed by atoms with Crippen molar-refractivity contribution in [3.63, 3.8) is 0 Å². The van der Waals surface area contributed by atoms with E-state index in [0.29, 0.717) is 0 Å². The van der Waals surface area contributed by atoms with Crippen molar-refractivity contribution < 1.29 is 4.39 Å². The largest absolute Gasteiger partial charge is 0.307 e. The Morgan fingerprint density at radius 2 is 2.03 bits per heavy atom. The van der Waals surface area contributed by atoms with Crippen molar-refractivity contribution in [1.82, 2.24) is 24.9 Å². The summed E-state index contributed by atoms with van der Waals surface area (Å²) < 4.78 is 15.8. The zero-order valence-electron chi connectivity index (χ0n) is 19.4. The third-order valence-corrected chi connectivity index (χ3v) is 8.43. The summed E-state index contributed by atoms with van der Waals surface area (Å²) >= 11 is 1.67. The molecule has 1 N–H and O–H groups in total. The molecule has 0 aliphatic carbocycles. The van der Waals surface area contributed by atoms with E-state index in [0.717, 1.165) is 91.7 Å². The van der Waals surface area contributed by atoms with Gasteiger partial charge in [-0.1, -0.05) is 23.4 Å². The number of likely N-dealkylation sites (tertiary alicyclic amines) is 1. The number of hydrogen-bond acceptors (Lipinski definition) is 7. The Morgan fingerprint density at radius 3 is 2.88 bits per heavy atom. The van der Waals surface area contributed by atoms with Crippen molar-refractivity contribution in [1.29, 1.82) is 0 Å². The average Bonchev–Trinajstić information content (AvgIpc) is 3.47. The molecular weight excluding hydrogens is 451 g/mol. The standard InChI is InChI=1S/C25H29FN6OS/c1-16-20(24(33)31-12-13-34-25(31)29-16)7-10-30-8-4-17(5-9-30)22-21-3-2-19(26)14-18(21)6-11-32-23(22)27-15-28-32/h2-3,14-15,23H,4-13H2,1H3,(H,27,28). The second-order valence-electron chi connectivity index (χ2n) is 9.40. The maximum Gasteiger partial charge on any atom is 0.257 e. The number of rotatable bonds is 3. The second kappa shape index (κ2) is 8.94. The fraction of sp³-hybridized carbons (Fsp3) is 0.480. The predicted molar refractivity (Wildman–Crippen MR) is 132 cm³/mol. The Balaban J connectivity index is 1.20. The number of aromatic nitrogens is 2. The molecule has 5 heterocycles. The lowest BCUT2D eigenvalue weighted by Crippen LogP contribution is -2.40. The molecule has 4 aliphatic rings. The molecule has 9 heteroatoms. The molecule has 1 atom stereocenters. The van der Waals surface area contributed by atoms with Crippen LogP contribution in [0.15, 0.2) is 38.7 Å². The highest BCUT2D eigenvalue weighted by Gasteiger charge is 2.33. The summed E-state index contributed by atoms with van der Waals surface area (Å²) in [6.07, 6.45) is 5.18. The molecule has 7 nitrogen and oxygen atoms in total. The van der Waals surface area contributed by atoms with Gasteiger partial charge in [0.05, 0.1) is 6.34 Å². The molecule has 1 aromatic heterocycles. The van der Waals surface area contributed by atoms with Crippen LogP contribution in [0.2, 0.25) is 0 Å². The number of nitrogens with one attached hydrogen (secondary N) is 1. The molecule has 6 rings (SSSR count). The van der Waals surface area contributed by atoms with Gasteiger partial charge in [-0.2, -0.15) is 5.01 Å². The lowest BCUT2D eigenvalue weighted by Gasteiger charge is -2.32. The van der Waals surface area contributed by atoms with Crippen molar-refractivity contribution in [3.05, 3.63) is 62.3 Å². The van der Waals surface area contributed by atoms with Gasteiger partial charge in [0.15, 0.2) is 5.16 Å². The minimum Gasteiger partial charge on any atom is -0.307 e. The molecule has 34 heavy (non-hydrogen) atoms. The van der Waals surface area contributed by atoms with Crippen LogP contribution in [0.5, 0.6) is 0 Å². The molecule has 0 amide bonds. The maximum atomic E-state index is 14.0. The third kappa shape index (κ3) is 3.89. The lowest BCUT2D eigenvalue weighted by molar-refractivity contribution is 0.230. The number of halogens is 1. The number of fused-ring (bicyclic) bond motifs is 3. The average molecular weight is 481 g/mol. The maximum absolute atomic E-state index is 14.0. The van der Waals surface area contributed by atoms with E-state index in [1.54, 1.807) is 30.2 Å². The smallest absolute Gasteiger partial charge is 0.257 e. The Labute approximate surface area is 202 Å². The Kier molecular flexibility index (Phi) is 5.79. The normalized spacial score (nSPS) is 22.4. The van der Waals surface area contributed by atoms with Crippen molar-refractivity contribution in [2.24, 2.45) is 4.99 Å². The lowest BCUT2D eigenvalue weighted by atomic mass is 9.89. The molecule has 1 fully saturated rings. The molecule has 0 bridgehead atoms. The third-order valence-electron chi connectivity index (χ3n) is 7.47. The van der Waals surface area contributed by atoms with Crippen LogP contribution < -0.4 is 11.0 Å². The number of hydrazine groups is 1. The first-order valence-corrected chi connectivity index (χ1v) is 13.1. The topological polar surface area (TPSA) is 65.8 Å². The highest BCUT2D eigenvalue weighted by Crippen LogP contribution is 2.37. The van der Waals surface area contributed by atoms with Gasteiger partial charge in [0.2, 0.25) is 0 Å². The Morgan fingerprint density at radius 1 is 1.18 bits per heavy atom. The summed E-state index contributed by atoms with van der Waals surface area (Å²) in [7, 11) is 0. The summed E-state index contributed by atoms with van der Waals surface area (Å²) in [5.41, 5.74) is 9.99. The van der Waals surface area contributed by atoms with Crippen LogP contribution in [0.25, 0.3) is 5.57 Å². The van der Waals surface area contributed by atoms with Crippen LogP contribution in [-0.4, -0.2) is 63.9 Å². The summed E-state index contributed by atoms with van der Waals surface area (Å²) in [5.74, 6) is 0.755. The fourth-order valence-electron chi connectivity index (χ4n) is 5.62. The SMILES string of the molecule is Cc1nc2n(c(=O)c1CCN1CCC(=C3c4ccc(F)cc4CCN4NC=NC34)CC1)CCS2. The van der Waals surface area contributed by atoms with E-state index in [2.05, 4.69) is 20.3 Å². The van der Waals surface area contributed by atoms with Crippen LogP contribution in [0.1, 0.15) is 35.2 Å². The number of piperidine rings is 1. The Hall–Kier alpha value is -2.49. The minimum absolute atomic E-state index is 0.0497. The molecule has 1 saturated heterocycles. The van der Waals surface area contributed by atoms with E-state index in [-0.39, 0.29) is 17.5 Å². The van der Waals surface area contributed by atoms with Crippen LogP contribution in [0, 0.1) is 12.7 Å². The van der Waals surface area contributed by atoms with Crippen LogP contribution in [0.4, 0.5) is 4.39 Å². The zero-order chi connectivity index (χ0) is 23.2. The first kappa shape index (κ1) is 22.0. The van der Waals surface area contributed by atoms with E-state index < -0.39 is 0 Å². The van der Waals surface area contributed by atoms with Gasteiger partial charge in [-0.15, -0.1) is 0 Å². The molecule has 4 aliphatic heterocycles. The van der Waals surface area contributed by atoms with E-state index in [9.17, 15) is 9.18 Å². The summed E-state index contributed by atoms with van der Waals surface area (Å²) in [4.78, 5) is 24.8. The van der Waals surface area contributed by atoms with Crippen LogP contribution >= 0.6 is 11.8 Å². The molecule has 2 aromatic rings. The van der Waals surface area contributed by atoms with E-state index in [4.69, 9.17) is 4.99 Å². The molecule has 1 aromatic carbocycles. The van der Waals surface area contributed by atoms with Crippen LogP contribution in [-0.2, 0) is 19.4 Å². The number of aryl methyl sites for hydroxylation is 1. The fourth-order valence-corrected chi connectivity index (χ4v) is 6.60. The monoisotopic (exact) mass is 480 g/mol. The van der Waals surface area contributed by atoms with E-state index >= 15 is 0 Å². The number of thioether (sulfide) groups is 1. The van der Waals surface area contributed by atoms with E-state index in [1.807, 2.05) is 17.6 Å². The van der Waals surface area contributed by atoms with Gasteiger partial charge in [0, 0.05) is 49.7 Å². The molecular formula is C25H29FN6OS. The summed E-state index contributed by atoms with van der Waals surface area (Å²) in [6.45, 7) is 6.29. The summed E-state index contributed by atoms with van der Waals surface area (Å²) in [6, 6.07) is 5.19. The van der Waals surface area contributed by atoms with Crippen molar-refractivity contribution >= 4 is 23.7 Å². The number of hydrogen-bond donors (Lipinski definition) is 1. The highest BCUT2D eigenvalue weighted by atomic mass is 32.2. The highest BCUT2D eigenvalue weighted by molar-refractivity contribution is 7.99. The first-order chi connectivity index (χ1) is 16.6. The molecule has 178 valence electrons. The van der Waals surface area contributed by atoms with Crippen LogP contribution in [0.3, 0.4) is 0 Å². The minimum atomic E-state index is -0.178. The number of nitrogens with zero attached hydrogens (tertiary/aromatic N) is 5. The van der Waals surface area contributed by atoms with Gasteiger partial charge in [0.25, 0.3) is 5.56 Å². The molecule has 0 saturated carbocycles. The molecule has 1 unspecified atom stereocenters. The van der Waals surface area contributed by atoms with Gasteiger partial charge < -0.3 is 10.3 Å². The van der Waals surface area contributed by atoms with Gasteiger partial charge in [0.1, 0.15) is 12.0 Å². The second-order valence-corrected chi connectivity index (χ2v) is 10.5. The van der Waals surface area contributed by atoms with Gasteiger partial charge in [-0.3, -0.25) is 9.36 Å². The van der Waals surface area contributed by atoms with Gasteiger partial charge in [-0.25, -0.2) is 14.4 Å². The first-order valence-electron chi connectivity index (χ1n) is 12.1. The quantitative estimate of drug-likeness (QED) is 0.682. The predicted octanol–water partition coefficient (Wildman–Crippen LogP) is 2.62. The van der Waals surface area contributed by atoms with Gasteiger partial charge >= 0.3 is 0 Å². The van der Waals surface area contributed by atoms with Crippen molar-refractivity contribution in [2.75, 3.05) is 31.9 Å². The Bertz CT molecular complexity index is 1240. The number of benzene rings is 1. The molecule has 0 radical (unpaired) electrons. The number of aliphatic imine (C=N–C) groups is 1. The van der Waals surface area contributed by atoms with Crippen molar-refractivity contribution in [2.45, 2.75) is 50.5 Å². The van der Waals surface area contributed by atoms with E-state index in [1.165, 1.54) is 11.1 Å². The van der Waals surface area contributed by atoms with Gasteiger partial charge in [-0.05, 0) is 61.4 Å².